The molecule has 3 atom stereocenters. The lowest BCUT2D eigenvalue weighted by Gasteiger charge is -2.47. The molecule has 1 aliphatic heterocycles. The van der Waals surface area contributed by atoms with Crippen LogP contribution in [0.5, 0.6) is 0 Å². The first-order valence-electron chi connectivity index (χ1n) is 7.89. The molecule has 24 heavy (non-hydrogen) atoms. The van der Waals surface area contributed by atoms with Crippen molar-refractivity contribution in [2.24, 2.45) is 17.3 Å². The Morgan fingerprint density at radius 2 is 2.12 bits per heavy atom. The topological polar surface area (TPSA) is 98.5 Å². The van der Waals surface area contributed by atoms with E-state index in [1.807, 2.05) is 23.6 Å². The van der Waals surface area contributed by atoms with Gasteiger partial charge in [0.25, 0.3) is 0 Å². The summed E-state index contributed by atoms with van der Waals surface area (Å²) in [5, 5.41) is 39.7. The van der Waals surface area contributed by atoms with Crippen molar-refractivity contribution in [1.82, 2.24) is 4.90 Å². The SMILES string of the molecule is CCN1CC=C2C(C#N)C(=N)C(C#N)(C#N)[C@@H](c3cccs3)[C@@H]2C1. The number of nitriles is 3. The monoisotopic (exact) mass is 335 g/mol. The van der Waals surface area contributed by atoms with Crippen LogP contribution in [0.25, 0.3) is 0 Å². The molecule has 0 radical (unpaired) electrons. The average Bonchev–Trinajstić information content (AvgIpc) is 3.14. The van der Waals surface area contributed by atoms with Crippen LogP contribution < -0.4 is 0 Å². The molecule has 2 heterocycles. The molecule has 1 aromatic rings. The van der Waals surface area contributed by atoms with E-state index in [4.69, 9.17) is 5.41 Å². The molecule has 6 heteroatoms. The van der Waals surface area contributed by atoms with Gasteiger partial charge in [-0.3, -0.25) is 4.90 Å². The van der Waals surface area contributed by atoms with Crippen molar-refractivity contribution in [3.8, 4) is 18.2 Å². The number of thiophene rings is 1. The summed E-state index contributed by atoms with van der Waals surface area (Å²) in [5.41, 5.74) is -0.739. The Morgan fingerprint density at radius 1 is 1.38 bits per heavy atom. The summed E-state index contributed by atoms with van der Waals surface area (Å²) >= 11 is 1.51. The number of likely N-dealkylation sites (N-methyl/N-ethyl adjacent to an activating group) is 1. The summed E-state index contributed by atoms with van der Waals surface area (Å²) in [6.07, 6.45) is 2.03. The first-order chi connectivity index (χ1) is 11.6. The van der Waals surface area contributed by atoms with E-state index in [0.29, 0.717) is 6.54 Å². The number of fused-ring (bicyclic) bond motifs is 1. The molecule has 1 saturated carbocycles. The average molecular weight is 335 g/mol. The Hall–Kier alpha value is -2.46. The Morgan fingerprint density at radius 3 is 2.67 bits per heavy atom. The second kappa shape index (κ2) is 6.21. The molecule has 0 saturated heterocycles. The van der Waals surface area contributed by atoms with Crippen molar-refractivity contribution >= 4 is 17.0 Å². The highest BCUT2D eigenvalue weighted by molar-refractivity contribution is 7.10. The number of rotatable bonds is 2. The summed E-state index contributed by atoms with van der Waals surface area (Å²) < 4.78 is 0. The molecule has 1 N–H and O–H groups in total. The fourth-order valence-corrected chi connectivity index (χ4v) is 4.86. The fraction of sp³-hybridized carbons (Fsp3) is 0.444. The van der Waals surface area contributed by atoms with Crippen LogP contribution in [0, 0.1) is 56.7 Å². The Bertz CT molecular complexity index is 788. The maximum atomic E-state index is 9.86. The molecule has 3 rings (SSSR count). The predicted molar refractivity (Wildman–Crippen MR) is 91.2 cm³/mol. The zero-order chi connectivity index (χ0) is 17.3. The van der Waals surface area contributed by atoms with Gasteiger partial charge in [0.05, 0.1) is 23.9 Å². The molecule has 2 aliphatic rings. The van der Waals surface area contributed by atoms with Gasteiger partial charge in [0.2, 0.25) is 0 Å². The van der Waals surface area contributed by atoms with Crippen molar-refractivity contribution < 1.29 is 0 Å². The van der Waals surface area contributed by atoms with Gasteiger partial charge in [0, 0.05) is 29.8 Å². The highest BCUT2D eigenvalue weighted by Crippen LogP contribution is 2.54. The number of nitrogens with zero attached hydrogens (tertiary/aromatic N) is 4. The molecule has 0 amide bonds. The summed E-state index contributed by atoms with van der Waals surface area (Å²) in [5.74, 6) is -1.26. The zero-order valence-corrected chi connectivity index (χ0v) is 14.2. The summed E-state index contributed by atoms with van der Waals surface area (Å²) in [6.45, 7) is 4.41. The van der Waals surface area contributed by atoms with Crippen LogP contribution in [-0.2, 0) is 0 Å². The normalized spacial score (nSPS) is 28.8. The van der Waals surface area contributed by atoms with Gasteiger partial charge in [-0.2, -0.15) is 15.8 Å². The van der Waals surface area contributed by atoms with Crippen molar-refractivity contribution in [1.29, 1.82) is 21.2 Å². The third-order valence-corrected chi connectivity index (χ3v) is 6.12. The number of hydrogen-bond acceptors (Lipinski definition) is 6. The Labute approximate surface area is 145 Å². The van der Waals surface area contributed by atoms with Gasteiger partial charge < -0.3 is 5.41 Å². The van der Waals surface area contributed by atoms with Gasteiger partial charge in [-0.15, -0.1) is 11.3 Å². The van der Waals surface area contributed by atoms with Crippen molar-refractivity contribution in [2.45, 2.75) is 12.8 Å². The zero-order valence-electron chi connectivity index (χ0n) is 13.4. The number of nitrogens with one attached hydrogen (secondary N) is 1. The van der Waals surface area contributed by atoms with Gasteiger partial charge in [-0.1, -0.05) is 19.1 Å². The van der Waals surface area contributed by atoms with E-state index in [0.717, 1.165) is 23.5 Å². The van der Waals surface area contributed by atoms with E-state index in [9.17, 15) is 15.8 Å². The van der Waals surface area contributed by atoms with Crippen molar-refractivity contribution in [2.75, 3.05) is 19.6 Å². The maximum absolute atomic E-state index is 9.86. The summed E-state index contributed by atoms with van der Waals surface area (Å²) in [6, 6.07) is 10.2. The molecule has 0 spiro atoms. The third kappa shape index (κ3) is 2.18. The second-order valence-electron chi connectivity index (χ2n) is 6.16. The molecule has 1 fully saturated rings. The van der Waals surface area contributed by atoms with Gasteiger partial charge >= 0.3 is 0 Å². The minimum absolute atomic E-state index is 0.0687. The van der Waals surface area contributed by atoms with Crippen LogP contribution in [0.1, 0.15) is 17.7 Å². The van der Waals surface area contributed by atoms with E-state index in [1.165, 1.54) is 11.3 Å². The van der Waals surface area contributed by atoms with Crippen LogP contribution >= 0.6 is 11.3 Å². The Balaban J connectivity index is 2.23. The maximum Gasteiger partial charge on any atom is 0.190 e. The lowest BCUT2D eigenvalue weighted by molar-refractivity contribution is 0.213. The molecule has 0 bridgehead atoms. The third-order valence-electron chi connectivity index (χ3n) is 5.16. The van der Waals surface area contributed by atoms with Crippen LogP contribution in [0.2, 0.25) is 0 Å². The predicted octanol–water partition coefficient (Wildman–Crippen LogP) is 2.92. The van der Waals surface area contributed by atoms with Gasteiger partial charge in [-0.05, 0) is 23.6 Å². The van der Waals surface area contributed by atoms with Crippen molar-refractivity contribution in [3.05, 3.63) is 34.0 Å². The first-order valence-corrected chi connectivity index (χ1v) is 8.77. The van der Waals surface area contributed by atoms with Crippen molar-refractivity contribution in [3.63, 3.8) is 0 Å². The smallest absolute Gasteiger partial charge is 0.190 e. The van der Waals surface area contributed by atoms with E-state index < -0.39 is 17.3 Å². The van der Waals surface area contributed by atoms with E-state index in [2.05, 4.69) is 30.0 Å². The van der Waals surface area contributed by atoms with Crippen LogP contribution in [-0.4, -0.2) is 30.2 Å². The van der Waals surface area contributed by atoms with Crippen LogP contribution in [0.4, 0.5) is 0 Å². The minimum Gasteiger partial charge on any atom is -0.305 e. The minimum atomic E-state index is -1.58. The fourth-order valence-electron chi connectivity index (χ4n) is 3.90. The molecule has 0 aromatic carbocycles. The van der Waals surface area contributed by atoms with E-state index >= 15 is 0 Å². The molecule has 1 aliphatic carbocycles. The molecule has 1 aromatic heterocycles. The molecule has 5 nitrogen and oxygen atoms in total. The van der Waals surface area contributed by atoms with E-state index in [1.54, 1.807) is 0 Å². The lowest BCUT2D eigenvalue weighted by Crippen LogP contribution is -2.52. The quantitative estimate of drug-likeness (QED) is 0.840. The second-order valence-corrected chi connectivity index (χ2v) is 7.14. The highest BCUT2D eigenvalue weighted by atomic mass is 32.1. The molecule has 120 valence electrons. The summed E-state index contributed by atoms with van der Waals surface area (Å²) in [7, 11) is 0. The van der Waals surface area contributed by atoms with Crippen LogP contribution in [0.3, 0.4) is 0 Å². The largest absolute Gasteiger partial charge is 0.305 e. The van der Waals surface area contributed by atoms with E-state index in [-0.39, 0.29) is 11.6 Å². The Kier molecular flexibility index (Phi) is 4.24. The van der Waals surface area contributed by atoms with Crippen LogP contribution in [0.15, 0.2) is 29.2 Å². The lowest BCUT2D eigenvalue weighted by atomic mass is 9.55. The van der Waals surface area contributed by atoms with Gasteiger partial charge in [0.1, 0.15) is 5.92 Å². The molecular formula is C18H17N5S. The molecule has 1 unspecified atom stereocenters. The first kappa shape index (κ1) is 16.4. The standard InChI is InChI=1S/C18H17N5S/c1-2-23-6-5-12-13(8-19)17(22)18(10-20,11-21)16(14(12)9-23)15-4-3-7-24-15/h3-5,7,13-14,16,22H,2,6,9H2,1H3/t13?,14-,16-/m1/s1. The van der Waals surface area contributed by atoms with Gasteiger partial charge in [0.15, 0.2) is 5.41 Å². The highest BCUT2D eigenvalue weighted by Gasteiger charge is 2.57. The number of hydrogen-bond donors (Lipinski definition) is 1. The molecular weight excluding hydrogens is 318 g/mol. The van der Waals surface area contributed by atoms with Gasteiger partial charge in [-0.25, -0.2) is 0 Å². The summed E-state index contributed by atoms with van der Waals surface area (Å²) in [4.78, 5) is 3.19.